The summed E-state index contributed by atoms with van der Waals surface area (Å²) in [5.41, 5.74) is 2.12. The second-order valence-corrected chi connectivity index (χ2v) is 3.76. The molecule has 1 aromatic carbocycles. The van der Waals surface area contributed by atoms with Gasteiger partial charge in [0.05, 0.1) is 7.11 Å². The topological polar surface area (TPSA) is 51.5 Å². The molecule has 4 heteroatoms. The molecule has 0 aliphatic heterocycles. The lowest BCUT2D eigenvalue weighted by Crippen LogP contribution is -2.02. The van der Waals surface area contributed by atoms with Crippen LogP contribution in [0, 0.1) is 0 Å². The fourth-order valence-electron chi connectivity index (χ4n) is 1.72. The van der Waals surface area contributed by atoms with Crippen molar-refractivity contribution < 1.29 is 14.6 Å². The normalized spacial score (nSPS) is 10.2. The van der Waals surface area contributed by atoms with Crippen molar-refractivity contribution in [3.63, 3.8) is 0 Å². The van der Waals surface area contributed by atoms with Crippen molar-refractivity contribution in [3.8, 4) is 16.9 Å². The number of carboxylic acid groups (broad SMARTS) is 1. The Labute approximate surface area is 99.1 Å². The first-order valence-corrected chi connectivity index (χ1v) is 5.16. The summed E-state index contributed by atoms with van der Waals surface area (Å²) in [4.78, 5) is 10.9. The fourth-order valence-corrected chi connectivity index (χ4v) is 1.72. The van der Waals surface area contributed by atoms with Gasteiger partial charge in [0.25, 0.3) is 0 Å². The van der Waals surface area contributed by atoms with Crippen molar-refractivity contribution in [1.82, 2.24) is 4.57 Å². The number of rotatable bonds is 3. The molecule has 0 aliphatic carbocycles. The second kappa shape index (κ2) is 4.33. The van der Waals surface area contributed by atoms with Crippen molar-refractivity contribution in [2.75, 3.05) is 7.11 Å². The number of aromatic nitrogens is 1. The molecule has 1 heterocycles. The maximum absolute atomic E-state index is 10.9. The number of hydrogen-bond donors (Lipinski definition) is 1. The van der Waals surface area contributed by atoms with E-state index in [-0.39, 0.29) is 5.69 Å². The van der Waals surface area contributed by atoms with Gasteiger partial charge in [-0.1, -0.05) is 12.1 Å². The number of aromatic carboxylic acids is 1. The fraction of sp³-hybridized carbons (Fsp3) is 0.154. The van der Waals surface area contributed by atoms with Crippen molar-refractivity contribution in [3.05, 3.63) is 42.2 Å². The Balaban J connectivity index is 2.39. The molecule has 17 heavy (non-hydrogen) atoms. The molecule has 1 aromatic heterocycles. The summed E-state index contributed by atoms with van der Waals surface area (Å²) in [5, 5.41) is 8.97. The van der Waals surface area contributed by atoms with E-state index in [0.717, 1.165) is 16.9 Å². The summed E-state index contributed by atoms with van der Waals surface area (Å²) in [6.45, 7) is 0. The Morgan fingerprint density at radius 1 is 1.24 bits per heavy atom. The van der Waals surface area contributed by atoms with E-state index in [2.05, 4.69) is 0 Å². The molecule has 0 radical (unpaired) electrons. The largest absolute Gasteiger partial charge is 0.497 e. The van der Waals surface area contributed by atoms with E-state index in [1.54, 1.807) is 31.0 Å². The summed E-state index contributed by atoms with van der Waals surface area (Å²) >= 11 is 0. The Morgan fingerprint density at radius 2 is 1.88 bits per heavy atom. The lowest BCUT2D eigenvalue weighted by Gasteiger charge is -2.00. The van der Waals surface area contributed by atoms with Crippen LogP contribution in [-0.4, -0.2) is 22.8 Å². The average molecular weight is 231 g/mol. The zero-order valence-corrected chi connectivity index (χ0v) is 9.68. The highest BCUT2D eigenvalue weighted by atomic mass is 16.5. The summed E-state index contributed by atoms with van der Waals surface area (Å²) in [5.74, 6) is -0.143. The first kappa shape index (κ1) is 11.3. The first-order valence-electron chi connectivity index (χ1n) is 5.16. The number of carboxylic acids is 1. The number of aryl methyl sites for hydroxylation is 1. The lowest BCUT2D eigenvalue weighted by atomic mass is 10.1. The second-order valence-electron chi connectivity index (χ2n) is 3.76. The molecule has 88 valence electrons. The van der Waals surface area contributed by atoms with Crippen LogP contribution >= 0.6 is 0 Å². The van der Waals surface area contributed by atoms with Crippen molar-refractivity contribution in [2.24, 2.45) is 7.05 Å². The van der Waals surface area contributed by atoms with Crippen LogP contribution in [0.1, 0.15) is 10.5 Å². The average Bonchev–Trinajstić information content (AvgIpc) is 2.71. The van der Waals surface area contributed by atoms with E-state index in [0.29, 0.717) is 0 Å². The van der Waals surface area contributed by atoms with Gasteiger partial charge in [0.1, 0.15) is 11.4 Å². The third-order valence-electron chi connectivity index (χ3n) is 2.65. The number of hydrogen-bond acceptors (Lipinski definition) is 2. The molecule has 0 fully saturated rings. The highest BCUT2D eigenvalue weighted by molar-refractivity contribution is 5.88. The molecular formula is C13H13NO3. The standard InChI is InChI=1S/C13H13NO3/c1-14-8-10(7-12(14)13(15)16)9-3-5-11(17-2)6-4-9/h3-8H,1-2H3,(H,15,16). The van der Waals surface area contributed by atoms with Gasteiger partial charge in [-0.15, -0.1) is 0 Å². The highest BCUT2D eigenvalue weighted by Crippen LogP contribution is 2.24. The molecule has 0 bridgehead atoms. The monoisotopic (exact) mass is 231 g/mol. The van der Waals surface area contributed by atoms with Gasteiger partial charge in [-0.2, -0.15) is 0 Å². The molecule has 0 saturated heterocycles. The van der Waals surface area contributed by atoms with Gasteiger partial charge in [-0.3, -0.25) is 0 Å². The van der Waals surface area contributed by atoms with E-state index in [4.69, 9.17) is 9.84 Å². The van der Waals surface area contributed by atoms with E-state index in [1.807, 2.05) is 24.3 Å². The van der Waals surface area contributed by atoms with E-state index in [9.17, 15) is 4.79 Å². The van der Waals surface area contributed by atoms with Crippen LogP contribution in [-0.2, 0) is 7.05 Å². The molecule has 4 nitrogen and oxygen atoms in total. The van der Waals surface area contributed by atoms with Crippen LogP contribution in [0.3, 0.4) is 0 Å². The van der Waals surface area contributed by atoms with Crippen LogP contribution in [0.15, 0.2) is 36.5 Å². The summed E-state index contributed by atoms with van der Waals surface area (Å²) in [7, 11) is 3.33. The van der Waals surface area contributed by atoms with Gasteiger partial charge in [-0.25, -0.2) is 4.79 Å². The maximum atomic E-state index is 10.9. The summed E-state index contributed by atoms with van der Waals surface area (Å²) < 4.78 is 6.67. The van der Waals surface area contributed by atoms with E-state index < -0.39 is 5.97 Å². The third kappa shape index (κ3) is 2.15. The predicted octanol–water partition coefficient (Wildman–Crippen LogP) is 2.40. The van der Waals surface area contributed by atoms with Crippen molar-refractivity contribution in [2.45, 2.75) is 0 Å². The number of methoxy groups -OCH3 is 1. The summed E-state index contributed by atoms with van der Waals surface area (Å²) in [6, 6.07) is 9.16. The SMILES string of the molecule is COc1ccc(-c2cc(C(=O)O)n(C)c2)cc1. The minimum atomic E-state index is -0.924. The number of carbonyl (C=O) groups is 1. The van der Waals surface area contributed by atoms with Crippen LogP contribution in [0.5, 0.6) is 5.75 Å². The van der Waals surface area contributed by atoms with Crippen molar-refractivity contribution in [1.29, 1.82) is 0 Å². The summed E-state index contributed by atoms with van der Waals surface area (Å²) in [6.07, 6.45) is 1.80. The number of nitrogens with zero attached hydrogens (tertiary/aromatic N) is 1. The van der Waals surface area contributed by atoms with Gasteiger partial charge in [0.15, 0.2) is 0 Å². The molecule has 0 unspecified atom stereocenters. The Bertz CT molecular complexity index is 540. The van der Waals surface area contributed by atoms with E-state index in [1.165, 1.54) is 0 Å². The molecule has 2 rings (SSSR count). The van der Waals surface area contributed by atoms with E-state index >= 15 is 0 Å². The van der Waals surface area contributed by atoms with Gasteiger partial charge < -0.3 is 14.4 Å². The molecule has 0 atom stereocenters. The molecule has 2 aromatic rings. The smallest absolute Gasteiger partial charge is 0.352 e. The van der Waals surface area contributed by atoms with Gasteiger partial charge in [-0.05, 0) is 23.8 Å². The maximum Gasteiger partial charge on any atom is 0.352 e. The number of benzene rings is 1. The lowest BCUT2D eigenvalue weighted by molar-refractivity contribution is 0.0686. The predicted molar refractivity (Wildman–Crippen MR) is 64.4 cm³/mol. The number of ether oxygens (including phenoxy) is 1. The van der Waals surface area contributed by atoms with Crippen LogP contribution in [0.4, 0.5) is 0 Å². The molecule has 0 spiro atoms. The quantitative estimate of drug-likeness (QED) is 0.882. The van der Waals surface area contributed by atoms with Crippen LogP contribution in [0.2, 0.25) is 0 Å². The highest BCUT2D eigenvalue weighted by Gasteiger charge is 2.10. The Morgan fingerprint density at radius 3 is 2.35 bits per heavy atom. The van der Waals surface area contributed by atoms with Crippen LogP contribution in [0.25, 0.3) is 11.1 Å². The zero-order chi connectivity index (χ0) is 12.4. The molecule has 0 aliphatic rings. The van der Waals surface area contributed by atoms with Gasteiger partial charge >= 0.3 is 5.97 Å². The Kier molecular flexibility index (Phi) is 2.87. The molecule has 0 amide bonds. The van der Waals surface area contributed by atoms with Crippen molar-refractivity contribution >= 4 is 5.97 Å². The molecule has 0 saturated carbocycles. The molecule has 1 N–H and O–H groups in total. The minimum absolute atomic E-state index is 0.274. The first-order chi connectivity index (χ1) is 8.11. The zero-order valence-electron chi connectivity index (χ0n) is 9.68. The molecular weight excluding hydrogens is 218 g/mol. The minimum Gasteiger partial charge on any atom is -0.497 e. The van der Waals surface area contributed by atoms with Crippen LogP contribution < -0.4 is 4.74 Å². The van der Waals surface area contributed by atoms with Gasteiger partial charge in [0.2, 0.25) is 0 Å². The third-order valence-corrected chi connectivity index (χ3v) is 2.65. The van der Waals surface area contributed by atoms with Gasteiger partial charge in [0, 0.05) is 18.8 Å². The Hall–Kier alpha value is -2.23.